The summed E-state index contributed by atoms with van der Waals surface area (Å²) in [6.45, 7) is 7.36. The number of ketones is 1. The van der Waals surface area contributed by atoms with Gasteiger partial charge in [-0.1, -0.05) is 5.16 Å². The van der Waals surface area contributed by atoms with Gasteiger partial charge in [0.2, 0.25) is 5.78 Å². The number of hydrogen-bond acceptors (Lipinski definition) is 5. The quantitative estimate of drug-likeness (QED) is 0.407. The first-order valence-electron chi connectivity index (χ1n) is 7.75. The summed E-state index contributed by atoms with van der Waals surface area (Å²) in [4.78, 5) is 12.6. The summed E-state index contributed by atoms with van der Waals surface area (Å²) in [5, 5.41) is 13.5. The molecule has 0 radical (unpaired) electrons. The minimum absolute atomic E-state index is 0.0566. The van der Waals surface area contributed by atoms with E-state index in [1.807, 2.05) is 43.5 Å². The molecule has 25 heavy (non-hydrogen) atoms. The van der Waals surface area contributed by atoms with Gasteiger partial charge in [0.25, 0.3) is 0 Å². The maximum absolute atomic E-state index is 12.6. The van der Waals surface area contributed by atoms with E-state index in [1.165, 1.54) is 6.26 Å². The highest BCUT2D eigenvalue weighted by Gasteiger charge is 2.18. The molecule has 0 unspecified atom stereocenters. The highest BCUT2D eigenvalue weighted by atomic mass is 16.5. The molecular weight excluding hydrogens is 318 g/mol. The Morgan fingerprint density at radius 1 is 1.28 bits per heavy atom. The first kappa shape index (κ1) is 16.5. The Bertz CT molecular complexity index is 1020. The number of rotatable bonds is 4. The van der Waals surface area contributed by atoms with Gasteiger partial charge < -0.3 is 8.94 Å². The molecule has 0 aromatic carbocycles. The van der Waals surface area contributed by atoms with Crippen LogP contribution in [0, 0.1) is 39.0 Å². The molecule has 0 saturated heterocycles. The van der Waals surface area contributed by atoms with Crippen LogP contribution in [-0.4, -0.2) is 15.5 Å². The van der Waals surface area contributed by atoms with E-state index in [0.29, 0.717) is 22.9 Å². The van der Waals surface area contributed by atoms with Crippen molar-refractivity contribution in [2.75, 3.05) is 0 Å². The summed E-state index contributed by atoms with van der Waals surface area (Å²) in [5.41, 5.74) is 3.04. The van der Waals surface area contributed by atoms with E-state index in [2.05, 4.69) is 5.16 Å². The Morgan fingerprint density at radius 3 is 2.60 bits per heavy atom. The van der Waals surface area contributed by atoms with Crippen LogP contribution in [0.4, 0.5) is 0 Å². The number of aryl methyl sites for hydroxylation is 3. The topological polar surface area (TPSA) is 85.0 Å². The van der Waals surface area contributed by atoms with Crippen LogP contribution < -0.4 is 0 Å². The third-order valence-electron chi connectivity index (χ3n) is 4.08. The maximum Gasteiger partial charge on any atom is 0.207 e. The Hall–Kier alpha value is -3.33. The third-order valence-corrected chi connectivity index (χ3v) is 4.08. The zero-order valence-electron chi connectivity index (χ0n) is 14.5. The molecule has 0 atom stereocenters. The first-order valence-corrected chi connectivity index (χ1v) is 7.75. The number of carbonyl (C=O) groups excluding carboxylic acids is 1. The highest BCUT2D eigenvalue weighted by Crippen LogP contribution is 2.24. The standard InChI is InChI=1S/C19H17N3O3/c1-11-7-15(13(3)22(11)18-8-12(2)25-21-18)9-16(10-20)19(23)17-5-6-24-14(17)4/h5-9H,1-4H3/b16-9+. The normalized spacial score (nSPS) is 11.6. The largest absolute Gasteiger partial charge is 0.469 e. The van der Waals surface area contributed by atoms with Gasteiger partial charge in [-0.3, -0.25) is 9.36 Å². The Labute approximate surface area is 145 Å². The van der Waals surface area contributed by atoms with E-state index in [4.69, 9.17) is 8.94 Å². The number of carbonyl (C=O) groups is 1. The zero-order valence-corrected chi connectivity index (χ0v) is 14.5. The second-order valence-electron chi connectivity index (χ2n) is 5.85. The number of aromatic nitrogens is 2. The monoisotopic (exact) mass is 335 g/mol. The van der Waals surface area contributed by atoms with Gasteiger partial charge in [-0.25, -0.2) is 0 Å². The van der Waals surface area contributed by atoms with Crippen LogP contribution >= 0.6 is 0 Å². The van der Waals surface area contributed by atoms with Gasteiger partial charge in [-0.2, -0.15) is 5.26 Å². The van der Waals surface area contributed by atoms with Crippen LogP contribution in [-0.2, 0) is 0 Å². The van der Waals surface area contributed by atoms with Crippen molar-refractivity contribution >= 4 is 11.9 Å². The lowest BCUT2D eigenvalue weighted by Gasteiger charge is -2.04. The van der Waals surface area contributed by atoms with Crippen molar-refractivity contribution in [2.45, 2.75) is 27.7 Å². The van der Waals surface area contributed by atoms with Crippen molar-refractivity contribution in [3.8, 4) is 11.9 Å². The molecule has 126 valence electrons. The molecule has 3 rings (SSSR count). The van der Waals surface area contributed by atoms with Gasteiger partial charge in [0, 0.05) is 17.5 Å². The van der Waals surface area contributed by atoms with E-state index >= 15 is 0 Å². The SMILES string of the molecule is Cc1cc(-n2c(C)cc(/C=C(\C#N)C(=O)c3ccoc3C)c2C)no1. The van der Waals surface area contributed by atoms with Crippen LogP contribution in [0.2, 0.25) is 0 Å². The minimum Gasteiger partial charge on any atom is -0.469 e. The molecule has 0 saturated carbocycles. The summed E-state index contributed by atoms with van der Waals surface area (Å²) < 4.78 is 12.2. The first-order chi connectivity index (χ1) is 11.9. The summed E-state index contributed by atoms with van der Waals surface area (Å²) in [6.07, 6.45) is 3.04. The molecule has 3 heterocycles. The summed E-state index contributed by atoms with van der Waals surface area (Å²) >= 11 is 0. The lowest BCUT2D eigenvalue weighted by atomic mass is 10.0. The highest BCUT2D eigenvalue weighted by molar-refractivity contribution is 6.14. The molecule has 0 aliphatic heterocycles. The average Bonchev–Trinajstić information content (AvgIpc) is 3.25. The molecule has 0 aliphatic carbocycles. The molecule has 3 aromatic rings. The molecule has 3 aromatic heterocycles. The van der Waals surface area contributed by atoms with Crippen LogP contribution in [0.1, 0.15) is 38.8 Å². The number of Topliss-reactive ketones (excluding diaryl/α,β-unsaturated/α-hetero) is 1. The third kappa shape index (κ3) is 2.92. The molecule has 6 heteroatoms. The van der Waals surface area contributed by atoms with Crippen molar-refractivity contribution in [2.24, 2.45) is 0 Å². The second kappa shape index (κ2) is 6.29. The van der Waals surface area contributed by atoms with Gasteiger partial charge in [0.1, 0.15) is 23.2 Å². The fourth-order valence-corrected chi connectivity index (χ4v) is 2.81. The van der Waals surface area contributed by atoms with E-state index < -0.39 is 0 Å². The number of hydrogen-bond donors (Lipinski definition) is 0. The van der Waals surface area contributed by atoms with Crippen LogP contribution in [0.25, 0.3) is 11.9 Å². The zero-order chi connectivity index (χ0) is 18.1. The Kier molecular flexibility index (Phi) is 4.15. The predicted molar refractivity (Wildman–Crippen MR) is 91.4 cm³/mol. The maximum atomic E-state index is 12.6. The number of furan rings is 1. The van der Waals surface area contributed by atoms with Gasteiger partial charge >= 0.3 is 0 Å². The lowest BCUT2D eigenvalue weighted by Crippen LogP contribution is -2.02. The van der Waals surface area contributed by atoms with Gasteiger partial charge in [0.15, 0.2) is 5.82 Å². The molecule has 0 amide bonds. The predicted octanol–water partition coefficient (Wildman–Crippen LogP) is 4.08. The van der Waals surface area contributed by atoms with E-state index in [0.717, 1.165) is 17.0 Å². The fraction of sp³-hybridized carbons (Fsp3) is 0.211. The smallest absolute Gasteiger partial charge is 0.207 e. The summed E-state index contributed by atoms with van der Waals surface area (Å²) in [7, 11) is 0. The van der Waals surface area contributed by atoms with Crippen molar-refractivity contribution in [1.82, 2.24) is 9.72 Å². The fourth-order valence-electron chi connectivity index (χ4n) is 2.81. The van der Waals surface area contributed by atoms with E-state index in [1.54, 1.807) is 19.1 Å². The molecule has 0 fully saturated rings. The Balaban J connectivity index is 2.05. The Morgan fingerprint density at radius 2 is 2.04 bits per heavy atom. The van der Waals surface area contributed by atoms with Gasteiger partial charge in [-0.15, -0.1) is 0 Å². The number of nitriles is 1. The number of allylic oxidation sites excluding steroid dienone is 1. The lowest BCUT2D eigenvalue weighted by molar-refractivity contribution is 0.103. The average molecular weight is 335 g/mol. The molecule has 0 spiro atoms. The van der Waals surface area contributed by atoms with E-state index in [-0.39, 0.29) is 11.4 Å². The number of nitrogens with zero attached hydrogens (tertiary/aromatic N) is 3. The molecule has 0 aliphatic rings. The summed E-state index contributed by atoms with van der Waals surface area (Å²) in [6, 6.07) is 7.31. The molecule has 0 N–H and O–H groups in total. The van der Waals surface area contributed by atoms with Crippen molar-refractivity contribution in [3.63, 3.8) is 0 Å². The molecular formula is C19H17N3O3. The molecule has 0 bridgehead atoms. The van der Waals surface area contributed by atoms with Gasteiger partial charge in [0.05, 0.1) is 11.8 Å². The second-order valence-corrected chi connectivity index (χ2v) is 5.85. The van der Waals surface area contributed by atoms with Gasteiger partial charge in [-0.05, 0) is 51.5 Å². The summed E-state index contributed by atoms with van der Waals surface area (Å²) in [5.74, 6) is 1.52. The van der Waals surface area contributed by atoms with Crippen LogP contribution in [0.3, 0.4) is 0 Å². The van der Waals surface area contributed by atoms with Crippen LogP contribution in [0.15, 0.2) is 39.0 Å². The van der Waals surface area contributed by atoms with E-state index in [9.17, 15) is 10.1 Å². The van der Waals surface area contributed by atoms with Crippen LogP contribution in [0.5, 0.6) is 0 Å². The van der Waals surface area contributed by atoms with Crippen molar-refractivity contribution in [3.05, 3.63) is 64.1 Å². The van der Waals surface area contributed by atoms with Crippen molar-refractivity contribution < 1.29 is 13.7 Å². The molecule has 6 nitrogen and oxygen atoms in total. The minimum atomic E-state index is -0.351. The van der Waals surface area contributed by atoms with Crippen molar-refractivity contribution in [1.29, 1.82) is 5.26 Å².